The number of sulfonamides is 1. The highest BCUT2D eigenvalue weighted by Gasteiger charge is 2.22. The van der Waals surface area contributed by atoms with Crippen molar-refractivity contribution in [3.8, 4) is 5.69 Å². The van der Waals surface area contributed by atoms with E-state index in [-0.39, 0.29) is 23.0 Å². The van der Waals surface area contributed by atoms with Gasteiger partial charge in [0.2, 0.25) is 15.9 Å². The highest BCUT2D eigenvalue weighted by molar-refractivity contribution is 7.89. The van der Waals surface area contributed by atoms with E-state index in [9.17, 15) is 17.6 Å². The molecule has 170 valence electrons. The molecule has 0 saturated heterocycles. The number of hydrogen-bond acceptors (Lipinski definition) is 4. The summed E-state index contributed by atoms with van der Waals surface area (Å²) >= 11 is 0. The van der Waals surface area contributed by atoms with Crippen LogP contribution < -0.4 is 10.0 Å². The van der Waals surface area contributed by atoms with Crippen molar-refractivity contribution in [3.05, 3.63) is 71.3 Å². The van der Waals surface area contributed by atoms with Crippen molar-refractivity contribution in [1.29, 1.82) is 0 Å². The number of rotatable bonds is 6. The number of carbonyl (C=O) groups excluding carboxylic acids is 1. The van der Waals surface area contributed by atoms with E-state index in [0.717, 1.165) is 11.3 Å². The van der Waals surface area contributed by atoms with Crippen molar-refractivity contribution in [2.24, 2.45) is 0 Å². The second-order valence-electron chi connectivity index (χ2n) is 8.65. The lowest BCUT2D eigenvalue weighted by molar-refractivity contribution is -0.115. The monoisotopic (exact) mass is 458 g/mol. The summed E-state index contributed by atoms with van der Waals surface area (Å²) in [6.07, 6.45) is 0.0656. The van der Waals surface area contributed by atoms with Crippen LogP contribution >= 0.6 is 0 Å². The fraction of sp³-hybridized carbons (Fsp3) is 0.304. The van der Waals surface area contributed by atoms with Crippen LogP contribution in [-0.2, 0) is 21.2 Å². The molecule has 0 aliphatic heterocycles. The van der Waals surface area contributed by atoms with E-state index >= 15 is 0 Å². The van der Waals surface area contributed by atoms with Gasteiger partial charge in [0.05, 0.1) is 22.7 Å². The SMILES string of the molecule is Cc1nn(-c2ccc(F)cc2)c(C)c1CC(=O)Nc1cccc(S(=O)(=O)NC(C)(C)C)c1. The normalized spacial score (nSPS) is 12.1. The van der Waals surface area contributed by atoms with Crippen molar-refractivity contribution < 1.29 is 17.6 Å². The number of aryl methyl sites for hydroxylation is 1. The molecule has 0 spiro atoms. The number of nitrogens with zero attached hydrogens (tertiary/aromatic N) is 2. The molecule has 1 aromatic heterocycles. The molecule has 0 atom stereocenters. The van der Waals surface area contributed by atoms with Crippen LogP contribution in [0.1, 0.15) is 37.7 Å². The van der Waals surface area contributed by atoms with Crippen LogP contribution in [0.4, 0.5) is 10.1 Å². The van der Waals surface area contributed by atoms with E-state index in [1.165, 1.54) is 24.3 Å². The Labute approximate surface area is 187 Å². The fourth-order valence-corrected chi connectivity index (χ4v) is 4.80. The maximum absolute atomic E-state index is 13.2. The number of anilines is 1. The van der Waals surface area contributed by atoms with E-state index in [1.54, 1.807) is 56.6 Å². The van der Waals surface area contributed by atoms with Gasteiger partial charge >= 0.3 is 0 Å². The first kappa shape index (κ1) is 23.6. The third kappa shape index (κ3) is 5.60. The predicted molar refractivity (Wildman–Crippen MR) is 122 cm³/mol. The highest BCUT2D eigenvalue weighted by Crippen LogP contribution is 2.21. The highest BCUT2D eigenvalue weighted by atomic mass is 32.2. The second kappa shape index (κ2) is 8.84. The topological polar surface area (TPSA) is 93.1 Å². The summed E-state index contributed by atoms with van der Waals surface area (Å²) in [5.41, 5.74) is 2.67. The van der Waals surface area contributed by atoms with Gasteiger partial charge in [-0.15, -0.1) is 0 Å². The molecule has 3 aromatic rings. The Balaban J connectivity index is 1.78. The minimum atomic E-state index is -3.72. The number of aromatic nitrogens is 2. The molecule has 0 fully saturated rings. The zero-order valence-corrected chi connectivity index (χ0v) is 19.5. The zero-order valence-electron chi connectivity index (χ0n) is 18.7. The first-order chi connectivity index (χ1) is 14.9. The van der Waals surface area contributed by atoms with E-state index in [1.807, 2.05) is 6.92 Å². The van der Waals surface area contributed by atoms with E-state index in [0.29, 0.717) is 17.1 Å². The van der Waals surface area contributed by atoms with Crippen LogP contribution in [0, 0.1) is 19.7 Å². The summed E-state index contributed by atoms with van der Waals surface area (Å²) in [5, 5.41) is 7.24. The third-order valence-electron chi connectivity index (χ3n) is 4.72. The Morgan fingerprint density at radius 1 is 1.09 bits per heavy atom. The molecular formula is C23H27FN4O3S. The average Bonchev–Trinajstić information content (AvgIpc) is 2.95. The van der Waals surface area contributed by atoms with Gasteiger partial charge in [-0.1, -0.05) is 6.07 Å². The van der Waals surface area contributed by atoms with Gasteiger partial charge in [0.1, 0.15) is 5.82 Å². The minimum Gasteiger partial charge on any atom is -0.326 e. The molecule has 3 rings (SSSR count). The summed E-state index contributed by atoms with van der Waals surface area (Å²) in [5.74, 6) is -0.634. The lowest BCUT2D eigenvalue weighted by Gasteiger charge is -2.20. The smallest absolute Gasteiger partial charge is 0.241 e. The van der Waals surface area contributed by atoms with Crippen molar-refractivity contribution in [3.63, 3.8) is 0 Å². The molecule has 1 heterocycles. The summed E-state index contributed by atoms with van der Waals surface area (Å²) in [6, 6.07) is 12.1. The number of hydrogen-bond donors (Lipinski definition) is 2. The third-order valence-corrected chi connectivity index (χ3v) is 6.47. The molecule has 0 saturated carbocycles. The Morgan fingerprint density at radius 3 is 2.38 bits per heavy atom. The summed E-state index contributed by atoms with van der Waals surface area (Å²) in [7, 11) is -3.72. The lowest BCUT2D eigenvalue weighted by Crippen LogP contribution is -2.40. The van der Waals surface area contributed by atoms with Crippen LogP contribution in [0.5, 0.6) is 0 Å². The molecule has 7 nitrogen and oxygen atoms in total. The minimum absolute atomic E-state index is 0.0656. The quantitative estimate of drug-likeness (QED) is 0.586. The van der Waals surface area contributed by atoms with E-state index in [4.69, 9.17) is 0 Å². The lowest BCUT2D eigenvalue weighted by atomic mass is 10.1. The molecule has 0 unspecified atom stereocenters. The summed E-state index contributed by atoms with van der Waals surface area (Å²) < 4.78 is 42.6. The maximum Gasteiger partial charge on any atom is 0.241 e. The molecule has 32 heavy (non-hydrogen) atoms. The van der Waals surface area contributed by atoms with Crippen LogP contribution in [0.3, 0.4) is 0 Å². The first-order valence-electron chi connectivity index (χ1n) is 10.1. The number of carbonyl (C=O) groups is 1. The molecule has 0 aliphatic rings. The molecule has 0 radical (unpaired) electrons. The van der Waals surface area contributed by atoms with E-state index < -0.39 is 15.6 Å². The summed E-state index contributed by atoms with van der Waals surface area (Å²) in [6.45, 7) is 8.92. The van der Waals surface area contributed by atoms with Crippen molar-refractivity contribution in [2.75, 3.05) is 5.32 Å². The molecule has 2 aromatic carbocycles. The number of amides is 1. The number of benzene rings is 2. The fourth-order valence-electron chi connectivity index (χ4n) is 3.33. The van der Waals surface area contributed by atoms with Gasteiger partial charge in [-0.05, 0) is 77.1 Å². The van der Waals surface area contributed by atoms with Crippen LogP contribution in [-0.4, -0.2) is 29.6 Å². The predicted octanol–water partition coefficient (Wildman–Crippen LogP) is 3.89. The molecular weight excluding hydrogens is 431 g/mol. The van der Waals surface area contributed by atoms with Gasteiger partial charge in [0.15, 0.2) is 0 Å². The largest absolute Gasteiger partial charge is 0.326 e. The standard InChI is InChI=1S/C23H27FN4O3S/c1-15-21(16(2)28(26-15)19-11-9-17(24)10-12-19)14-22(29)25-18-7-6-8-20(13-18)32(30,31)27-23(3,4)5/h6-13,27H,14H2,1-5H3,(H,25,29). The van der Waals surface area contributed by atoms with Gasteiger partial charge in [-0.25, -0.2) is 22.2 Å². The van der Waals surface area contributed by atoms with E-state index in [2.05, 4.69) is 15.1 Å². The molecule has 1 amide bonds. The maximum atomic E-state index is 13.2. The van der Waals surface area contributed by atoms with Crippen molar-refractivity contribution in [1.82, 2.24) is 14.5 Å². The second-order valence-corrected chi connectivity index (χ2v) is 10.3. The first-order valence-corrected chi connectivity index (χ1v) is 11.6. The van der Waals surface area contributed by atoms with Crippen molar-refractivity contribution >= 4 is 21.6 Å². The number of halogens is 1. The van der Waals surface area contributed by atoms with Crippen LogP contribution in [0.15, 0.2) is 53.4 Å². The summed E-state index contributed by atoms with van der Waals surface area (Å²) in [4.78, 5) is 12.8. The Hall–Kier alpha value is -3.04. The van der Waals surface area contributed by atoms with Gasteiger partial charge in [-0.2, -0.15) is 5.10 Å². The Kier molecular flexibility index (Phi) is 6.52. The molecule has 0 bridgehead atoms. The van der Waals surface area contributed by atoms with Gasteiger partial charge in [-0.3, -0.25) is 4.79 Å². The zero-order chi connectivity index (χ0) is 23.7. The Bertz CT molecular complexity index is 1240. The van der Waals surface area contributed by atoms with Gasteiger partial charge in [0.25, 0.3) is 0 Å². The van der Waals surface area contributed by atoms with Crippen LogP contribution in [0.2, 0.25) is 0 Å². The molecule has 9 heteroatoms. The average molecular weight is 459 g/mol. The van der Waals surface area contributed by atoms with Crippen LogP contribution in [0.25, 0.3) is 5.69 Å². The van der Waals surface area contributed by atoms with Gasteiger partial charge < -0.3 is 5.32 Å². The van der Waals surface area contributed by atoms with Gasteiger partial charge in [0, 0.05) is 22.5 Å². The van der Waals surface area contributed by atoms with Crippen molar-refractivity contribution in [2.45, 2.75) is 51.5 Å². The number of nitrogens with one attached hydrogen (secondary N) is 2. The Morgan fingerprint density at radius 2 is 1.75 bits per heavy atom. The molecule has 0 aliphatic carbocycles. The molecule has 2 N–H and O–H groups in total.